The van der Waals surface area contributed by atoms with Crippen LogP contribution in [0, 0.1) is 0 Å². The lowest BCUT2D eigenvalue weighted by Crippen LogP contribution is -2.61. The number of unbranched alkanes of at least 4 members (excludes halogenated alkanes) is 25. The SMILES string of the molecule is CC/C=C\C/C=C\C/C=C\C/C=C\C/C=C\CCCCCCCC(=O)OC1C(OCC(NC(=O)C(O)CCCCCCCC/C=C\C/C=C\C/C=C\C/C=C\CCCCC)C(O)/C=C/CCCCCCCCCCCCC)OC(CO)C(O)C1O. The summed E-state index contributed by atoms with van der Waals surface area (Å²) in [7, 11) is 0. The molecule has 0 bridgehead atoms. The van der Waals surface area contributed by atoms with Crippen molar-refractivity contribution >= 4 is 11.9 Å². The Kier molecular flexibility index (Phi) is 56.1. The van der Waals surface area contributed by atoms with Crippen LogP contribution >= 0.6 is 0 Å². The van der Waals surface area contributed by atoms with Gasteiger partial charge in [0, 0.05) is 6.42 Å². The summed E-state index contributed by atoms with van der Waals surface area (Å²) in [6.07, 6.45) is 73.6. The van der Waals surface area contributed by atoms with Crippen LogP contribution in [0.2, 0.25) is 0 Å². The molecule has 11 heteroatoms. The van der Waals surface area contributed by atoms with E-state index in [1.807, 2.05) is 6.08 Å². The quantitative estimate of drug-likeness (QED) is 0.0195. The molecule has 8 unspecified atom stereocenters. The normalized spacial score (nSPS) is 19.2. The van der Waals surface area contributed by atoms with Gasteiger partial charge in [0.2, 0.25) is 5.91 Å². The van der Waals surface area contributed by atoms with Crippen LogP contribution in [0.4, 0.5) is 0 Å². The topological polar surface area (TPSA) is 175 Å². The van der Waals surface area contributed by atoms with Crippen molar-refractivity contribution in [2.45, 2.75) is 320 Å². The van der Waals surface area contributed by atoms with E-state index in [4.69, 9.17) is 14.2 Å². The van der Waals surface area contributed by atoms with Gasteiger partial charge in [0.25, 0.3) is 0 Å². The highest BCUT2D eigenvalue weighted by Crippen LogP contribution is 2.26. The van der Waals surface area contributed by atoms with Gasteiger partial charge in [-0.05, 0) is 116 Å². The molecule has 11 nitrogen and oxygen atoms in total. The number of aliphatic hydroxyl groups is 5. The van der Waals surface area contributed by atoms with Crippen molar-refractivity contribution in [1.29, 1.82) is 0 Å². The van der Waals surface area contributed by atoms with Gasteiger partial charge < -0.3 is 45.1 Å². The zero-order chi connectivity index (χ0) is 61.7. The van der Waals surface area contributed by atoms with E-state index in [9.17, 15) is 35.1 Å². The summed E-state index contributed by atoms with van der Waals surface area (Å²) < 4.78 is 17.7. The van der Waals surface area contributed by atoms with Gasteiger partial charge in [-0.2, -0.15) is 0 Å². The summed E-state index contributed by atoms with van der Waals surface area (Å²) in [6.45, 7) is 5.64. The first-order valence-electron chi connectivity index (χ1n) is 34.3. The molecule has 1 aliphatic rings. The van der Waals surface area contributed by atoms with Gasteiger partial charge in [-0.3, -0.25) is 9.59 Å². The van der Waals surface area contributed by atoms with Crippen molar-refractivity contribution in [3.05, 3.63) is 122 Å². The average Bonchev–Trinajstić information content (AvgIpc) is 2.48. The molecule has 0 aromatic heterocycles. The van der Waals surface area contributed by atoms with E-state index in [2.05, 4.69) is 135 Å². The van der Waals surface area contributed by atoms with Crippen LogP contribution in [-0.4, -0.2) is 99.6 Å². The molecule has 1 amide bonds. The summed E-state index contributed by atoms with van der Waals surface area (Å²) in [4.78, 5) is 26.7. The minimum atomic E-state index is -1.63. The first-order chi connectivity index (χ1) is 41.7. The second-order valence-electron chi connectivity index (χ2n) is 23.2. The summed E-state index contributed by atoms with van der Waals surface area (Å²) in [5.74, 6) is -1.23. The van der Waals surface area contributed by atoms with Gasteiger partial charge in [0.1, 0.15) is 24.4 Å². The third-order valence-electron chi connectivity index (χ3n) is 15.3. The van der Waals surface area contributed by atoms with Crippen LogP contribution in [-0.2, 0) is 23.8 Å². The minimum absolute atomic E-state index is 0.0935. The number of esters is 1. The lowest BCUT2D eigenvalue weighted by molar-refractivity contribution is -0.305. The van der Waals surface area contributed by atoms with Crippen molar-refractivity contribution < 1.29 is 49.3 Å². The second-order valence-corrected chi connectivity index (χ2v) is 23.2. The van der Waals surface area contributed by atoms with Gasteiger partial charge >= 0.3 is 5.97 Å². The summed E-state index contributed by atoms with van der Waals surface area (Å²) >= 11 is 0. The Morgan fingerprint density at radius 2 is 0.847 bits per heavy atom. The Morgan fingerprint density at radius 1 is 0.471 bits per heavy atom. The molecule has 0 aromatic rings. The fraction of sp³-hybridized carbons (Fsp3) is 0.703. The molecule has 1 heterocycles. The van der Waals surface area contributed by atoms with Crippen molar-refractivity contribution in [1.82, 2.24) is 5.32 Å². The van der Waals surface area contributed by atoms with E-state index in [-0.39, 0.29) is 19.4 Å². The molecule has 1 fully saturated rings. The molecule has 1 rings (SSSR count). The molecule has 1 aliphatic heterocycles. The molecular weight excluding hydrogens is 1060 g/mol. The smallest absolute Gasteiger partial charge is 0.306 e. The highest BCUT2D eigenvalue weighted by atomic mass is 16.7. The van der Waals surface area contributed by atoms with Crippen molar-refractivity contribution in [3.8, 4) is 0 Å². The summed E-state index contributed by atoms with van der Waals surface area (Å²) in [6, 6.07) is -1.04. The van der Waals surface area contributed by atoms with E-state index < -0.39 is 67.4 Å². The monoisotopic (exact) mass is 1190 g/mol. The second kappa shape index (κ2) is 60.3. The highest BCUT2D eigenvalue weighted by molar-refractivity contribution is 5.80. The Balaban J connectivity index is 2.66. The third kappa shape index (κ3) is 47.8. The fourth-order valence-electron chi connectivity index (χ4n) is 9.96. The predicted molar refractivity (Wildman–Crippen MR) is 356 cm³/mol. The standard InChI is InChI=1S/C74H125NO10/c1-4-7-10-13-16-19-22-25-27-29-31-33-35-36-38-40-43-46-49-52-55-58-61-67(78)73(82)75-65(66(77)60-57-54-51-48-45-42-24-21-18-15-12-9-6-3)64-83-74-72(71(81)70(80)68(63-76)84-74)85-69(79)62-59-56-53-50-47-44-41-39-37-34-32-30-28-26-23-20-17-14-11-8-5-2/h8,11,16-17,19-20,25-28,31-34,36,38-39,41,57,60,65-68,70-72,74,76-78,80-81H,4-7,9-10,12-15,18,21-24,29-30,35,37,40,42-56,58-59,61-64H2,1-3H3,(H,75,82)/b11-8-,19-16-,20-17-,27-25-,28-26-,33-31-,34-32-,38-36-,41-39-,60-57+. The molecule has 1 saturated heterocycles. The van der Waals surface area contributed by atoms with Gasteiger partial charge in [-0.25, -0.2) is 0 Å². The maximum Gasteiger partial charge on any atom is 0.306 e. The highest BCUT2D eigenvalue weighted by Gasteiger charge is 2.47. The maximum atomic E-state index is 13.5. The summed E-state index contributed by atoms with van der Waals surface area (Å²) in [5, 5.41) is 57.2. The number of hydrogen-bond acceptors (Lipinski definition) is 10. The van der Waals surface area contributed by atoms with Crippen LogP contribution in [0.1, 0.15) is 271 Å². The van der Waals surface area contributed by atoms with E-state index in [1.165, 1.54) is 77.0 Å². The minimum Gasteiger partial charge on any atom is -0.454 e. The van der Waals surface area contributed by atoms with Gasteiger partial charge in [-0.15, -0.1) is 0 Å². The van der Waals surface area contributed by atoms with Gasteiger partial charge in [-0.1, -0.05) is 271 Å². The van der Waals surface area contributed by atoms with E-state index in [0.29, 0.717) is 12.8 Å². The van der Waals surface area contributed by atoms with Crippen LogP contribution in [0.3, 0.4) is 0 Å². The number of ether oxygens (including phenoxy) is 3. The Bertz CT molecular complexity index is 1850. The van der Waals surface area contributed by atoms with Crippen molar-refractivity contribution in [2.75, 3.05) is 13.2 Å². The number of allylic oxidation sites excluding steroid dienone is 19. The Hall–Kier alpha value is -3.94. The number of nitrogens with one attached hydrogen (secondary N) is 1. The number of aliphatic hydroxyl groups excluding tert-OH is 5. The van der Waals surface area contributed by atoms with E-state index >= 15 is 0 Å². The van der Waals surface area contributed by atoms with Crippen molar-refractivity contribution in [3.63, 3.8) is 0 Å². The fourth-order valence-corrected chi connectivity index (χ4v) is 9.96. The average molecular weight is 1190 g/mol. The molecule has 486 valence electrons. The molecule has 0 radical (unpaired) electrons. The lowest BCUT2D eigenvalue weighted by atomic mass is 9.99. The van der Waals surface area contributed by atoms with Crippen molar-refractivity contribution in [2.24, 2.45) is 0 Å². The van der Waals surface area contributed by atoms with Gasteiger partial charge in [0.15, 0.2) is 12.4 Å². The van der Waals surface area contributed by atoms with Crippen LogP contribution in [0.15, 0.2) is 122 Å². The number of carbonyl (C=O) groups excluding carboxylic acids is 2. The zero-order valence-electron chi connectivity index (χ0n) is 53.9. The molecule has 0 aliphatic carbocycles. The number of hydrogen-bond donors (Lipinski definition) is 6. The van der Waals surface area contributed by atoms with Gasteiger partial charge in [0.05, 0.1) is 25.4 Å². The third-order valence-corrected chi connectivity index (χ3v) is 15.3. The maximum absolute atomic E-state index is 13.5. The predicted octanol–water partition coefficient (Wildman–Crippen LogP) is 17.4. The Labute approximate surface area is 519 Å². The largest absolute Gasteiger partial charge is 0.454 e. The first-order valence-corrected chi connectivity index (χ1v) is 34.3. The zero-order valence-corrected chi connectivity index (χ0v) is 53.9. The summed E-state index contributed by atoms with van der Waals surface area (Å²) in [5.41, 5.74) is 0. The van der Waals surface area contributed by atoms with E-state index in [0.717, 1.165) is 148 Å². The van der Waals surface area contributed by atoms with Crippen LogP contribution < -0.4 is 5.32 Å². The Morgan fingerprint density at radius 3 is 1.29 bits per heavy atom. The lowest BCUT2D eigenvalue weighted by Gasteiger charge is -2.41. The molecular formula is C74H125NO10. The molecule has 6 N–H and O–H groups in total. The molecule has 0 spiro atoms. The molecule has 8 atom stereocenters. The van der Waals surface area contributed by atoms with Crippen LogP contribution in [0.5, 0.6) is 0 Å². The number of carbonyl (C=O) groups is 2. The molecule has 0 aromatic carbocycles. The number of rotatable bonds is 57. The first kappa shape index (κ1) is 79.1. The molecule has 0 saturated carbocycles. The number of amides is 1. The van der Waals surface area contributed by atoms with Crippen LogP contribution in [0.25, 0.3) is 0 Å². The molecule has 85 heavy (non-hydrogen) atoms. The van der Waals surface area contributed by atoms with E-state index in [1.54, 1.807) is 6.08 Å².